The summed E-state index contributed by atoms with van der Waals surface area (Å²) in [4.78, 5) is 47.0. The lowest BCUT2D eigenvalue weighted by Crippen LogP contribution is -2.28. The van der Waals surface area contributed by atoms with Gasteiger partial charge in [-0.05, 0) is 12.2 Å². The van der Waals surface area contributed by atoms with Gasteiger partial charge in [0.2, 0.25) is 0 Å². The minimum atomic E-state index is -0.374. The Bertz CT molecular complexity index is 653. The van der Waals surface area contributed by atoms with E-state index in [4.69, 9.17) is 0 Å². The number of hydrogen-bond donors (Lipinski definition) is 0. The van der Waals surface area contributed by atoms with Crippen molar-refractivity contribution in [3.8, 4) is 0 Å². The molecule has 0 unspecified atom stereocenters. The van der Waals surface area contributed by atoms with Crippen molar-refractivity contribution in [2.24, 2.45) is 0 Å². The summed E-state index contributed by atoms with van der Waals surface area (Å²) in [5, 5.41) is 0. The van der Waals surface area contributed by atoms with Crippen LogP contribution in [-0.2, 0) is 19.2 Å². The highest BCUT2D eigenvalue weighted by molar-refractivity contribution is 6.30. The number of hydrogen-bond acceptors (Lipinski definition) is 4. The van der Waals surface area contributed by atoms with Crippen molar-refractivity contribution in [2.45, 2.75) is 12.8 Å². The van der Waals surface area contributed by atoms with Crippen molar-refractivity contribution in [1.29, 1.82) is 0 Å². The lowest BCUT2D eigenvalue weighted by Gasteiger charge is -2.23. The van der Waals surface area contributed by atoms with Gasteiger partial charge in [-0.15, -0.1) is 0 Å². The van der Waals surface area contributed by atoms with E-state index in [1.807, 2.05) is 0 Å². The van der Waals surface area contributed by atoms with Gasteiger partial charge in [-0.25, -0.2) is 0 Å². The van der Waals surface area contributed by atoms with E-state index in [2.05, 4.69) is 0 Å². The predicted molar refractivity (Wildman–Crippen MR) is 61.6 cm³/mol. The number of Topliss-reactive ketones (excluding diaryl/α,β-unsaturated/α-hetero) is 3. The highest BCUT2D eigenvalue weighted by Gasteiger charge is 2.36. The smallest absolute Gasteiger partial charge is 0.190 e. The van der Waals surface area contributed by atoms with Crippen molar-refractivity contribution >= 4 is 23.1 Å². The number of carbonyl (C=O) groups excluding carboxylic acids is 4. The molecule has 0 aromatic heterocycles. The minimum absolute atomic E-state index is 0.0149. The molecule has 0 aliphatic heterocycles. The summed E-state index contributed by atoms with van der Waals surface area (Å²) < 4.78 is 0. The lowest BCUT2D eigenvalue weighted by atomic mass is 9.77. The van der Waals surface area contributed by atoms with E-state index in [-0.39, 0.29) is 58.3 Å². The van der Waals surface area contributed by atoms with Crippen molar-refractivity contribution in [3.63, 3.8) is 0 Å². The van der Waals surface area contributed by atoms with Crippen molar-refractivity contribution in [1.82, 2.24) is 0 Å². The van der Waals surface area contributed by atoms with Crippen LogP contribution in [0.15, 0.2) is 46.6 Å². The molecule has 0 aromatic rings. The third-order valence-corrected chi connectivity index (χ3v) is 3.23. The van der Waals surface area contributed by atoms with Gasteiger partial charge in [-0.2, -0.15) is 0 Å². The number of fused-ring (bicyclic) bond motifs is 1. The summed E-state index contributed by atoms with van der Waals surface area (Å²) in [6.07, 6.45) is 5.65. The molecular weight excluding hydrogens is 232 g/mol. The SMILES string of the molecule is O=C1CC(=O)C2=C(C1)C(=O)C1=CC=CC(=O)C1=C2. The molecule has 0 saturated heterocycles. The van der Waals surface area contributed by atoms with Crippen LogP contribution in [0.2, 0.25) is 0 Å². The van der Waals surface area contributed by atoms with Gasteiger partial charge in [0.25, 0.3) is 0 Å². The van der Waals surface area contributed by atoms with Gasteiger partial charge in [0.05, 0.1) is 6.42 Å². The van der Waals surface area contributed by atoms with E-state index in [1.54, 1.807) is 6.08 Å². The van der Waals surface area contributed by atoms with Gasteiger partial charge in [0.1, 0.15) is 5.78 Å². The van der Waals surface area contributed by atoms with Crippen LogP contribution in [0, 0.1) is 0 Å². The van der Waals surface area contributed by atoms with Crippen molar-refractivity contribution in [2.75, 3.05) is 0 Å². The summed E-state index contributed by atoms with van der Waals surface area (Å²) >= 11 is 0. The van der Waals surface area contributed by atoms with E-state index >= 15 is 0 Å². The molecule has 0 fully saturated rings. The maximum atomic E-state index is 12.2. The zero-order chi connectivity index (χ0) is 12.9. The molecule has 3 aliphatic rings. The second-order valence-electron chi connectivity index (χ2n) is 4.40. The zero-order valence-corrected chi connectivity index (χ0v) is 9.36. The minimum Gasteiger partial charge on any atom is -0.299 e. The van der Waals surface area contributed by atoms with E-state index < -0.39 is 0 Å². The zero-order valence-electron chi connectivity index (χ0n) is 9.36. The molecule has 88 valence electrons. The molecule has 0 saturated carbocycles. The first-order valence-corrected chi connectivity index (χ1v) is 5.55. The monoisotopic (exact) mass is 240 g/mol. The summed E-state index contributed by atoms with van der Waals surface area (Å²) in [5.74, 6) is -1.27. The molecule has 0 radical (unpaired) electrons. The Morgan fingerprint density at radius 1 is 0.944 bits per heavy atom. The van der Waals surface area contributed by atoms with Crippen LogP contribution in [0.25, 0.3) is 0 Å². The van der Waals surface area contributed by atoms with Gasteiger partial charge in [-0.1, -0.05) is 12.2 Å². The third-order valence-electron chi connectivity index (χ3n) is 3.23. The average Bonchev–Trinajstić information content (AvgIpc) is 2.32. The number of carbonyl (C=O) groups is 4. The number of allylic oxidation sites excluding steroid dienone is 8. The Kier molecular flexibility index (Phi) is 2.13. The maximum Gasteiger partial charge on any atom is 0.190 e. The highest BCUT2D eigenvalue weighted by atomic mass is 16.2. The Balaban J connectivity index is 2.21. The van der Waals surface area contributed by atoms with Gasteiger partial charge in [0.15, 0.2) is 17.3 Å². The molecule has 0 bridgehead atoms. The van der Waals surface area contributed by atoms with Crippen molar-refractivity contribution < 1.29 is 19.2 Å². The summed E-state index contributed by atoms with van der Waals surface area (Å²) in [7, 11) is 0. The Morgan fingerprint density at radius 2 is 1.72 bits per heavy atom. The van der Waals surface area contributed by atoms with Crippen LogP contribution in [-0.4, -0.2) is 23.1 Å². The largest absolute Gasteiger partial charge is 0.299 e. The molecule has 0 amide bonds. The van der Waals surface area contributed by atoms with E-state index in [1.165, 1.54) is 18.2 Å². The molecule has 4 nitrogen and oxygen atoms in total. The molecule has 18 heavy (non-hydrogen) atoms. The fraction of sp³-hybridized carbons (Fsp3) is 0.143. The molecule has 4 heteroatoms. The summed E-state index contributed by atoms with van der Waals surface area (Å²) in [6.45, 7) is 0. The van der Waals surface area contributed by atoms with E-state index in [9.17, 15) is 19.2 Å². The Morgan fingerprint density at radius 3 is 2.50 bits per heavy atom. The molecule has 0 aromatic carbocycles. The maximum absolute atomic E-state index is 12.2. The summed E-state index contributed by atoms with van der Waals surface area (Å²) in [5.41, 5.74) is 0.998. The first-order valence-electron chi connectivity index (χ1n) is 5.55. The quantitative estimate of drug-likeness (QED) is 0.587. The number of ketones is 4. The van der Waals surface area contributed by atoms with Crippen LogP contribution >= 0.6 is 0 Å². The van der Waals surface area contributed by atoms with Crippen LogP contribution in [0.5, 0.6) is 0 Å². The first-order chi connectivity index (χ1) is 8.58. The molecule has 3 aliphatic carbocycles. The third kappa shape index (κ3) is 1.39. The van der Waals surface area contributed by atoms with Crippen LogP contribution < -0.4 is 0 Å². The molecule has 3 rings (SSSR count). The van der Waals surface area contributed by atoms with Crippen LogP contribution in [0.3, 0.4) is 0 Å². The molecular formula is C14H8O4. The second kappa shape index (κ2) is 3.57. The normalized spacial score (nSPS) is 22.7. The molecule has 0 atom stereocenters. The molecule has 0 spiro atoms. The Hall–Kier alpha value is -2.36. The summed E-state index contributed by atoms with van der Waals surface area (Å²) in [6, 6.07) is 0. The van der Waals surface area contributed by atoms with Gasteiger partial charge >= 0.3 is 0 Å². The van der Waals surface area contributed by atoms with Gasteiger partial charge < -0.3 is 0 Å². The predicted octanol–water partition coefficient (Wildman–Crippen LogP) is 0.789. The molecule has 0 heterocycles. The number of rotatable bonds is 0. The highest BCUT2D eigenvalue weighted by Crippen LogP contribution is 2.33. The topological polar surface area (TPSA) is 68.3 Å². The fourth-order valence-electron chi connectivity index (χ4n) is 2.37. The second-order valence-corrected chi connectivity index (χ2v) is 4.40. The Labute approximate surface area is 102 Å². The standard InChI is InChI=1S/C14H8O4/c15-7-4-11-10(13(17)5-7)6-9-8(14(11)18)2-1-3-12(9)16/h1-3,6H,4-5H2. The van der Waals surface area contributed by atoms with Crippen molar-refractivity contribution in [3.05, 3.63) is 46.6 Å². The fourth-order valence-corrected chi connectivity index (χ4v) is 2.37. The van der Waals surface area contributed by atoms with Gasteiger partial charge in [0, 0.05) is 28.7 Å². The lowest BCUT2D eigenvalue weighted by molar-refractivity contribution is -0.127. The molecule has 0 N–H and O–H groups in total. The van der Waals surface area contributed by atoms with Gasteiger partial charge in [-0.3, -0.25) is 19.2 Å². The average molecular weight is 240 g/mol. The first kappa shape index (κ1) is 10.8. The van der Waals surface area contributed by atoms with Crippen LogP contribution in [0.1, 0.15) is 12.8 Å². The van der Waals surface area contributed by atoms with E-state index in [0.29, 0.717) is 0 Å². The van der Waals surface area contributed by atoms with E-state index in [0.717, 1.165) is 0 Å². The van der Waals surface area contributed by atoms with Crippen LogP contribution in [0.4, 0.5) is 0 Å².